The molecule has 0 spiro atoms. The molecule has 1 atom stereocenters. The van der Waals surface area contributed by atoms with Crippen molar-refractivity contribution in [3.8, 4) is 5.75 Å². The smallest absolute Gasteiger partial charge is 0.265 e. The van der Waals surface area contributed by atoms with Gasteiger partial charge in [-0.15, -0.1) is 0 Å². The zero-order valence-electron chi connectivity index (χ0n) is 13.0. The zero-order chi connectivity index (χ0) is 15.6. The Morgan fingerprint density at radius 2 is 2.10 bits per heavy atom. The van der Waals surface area contributed by atoms with Crippen molar-refractivity contribution in [3.63, 3.8) is 0 Å². The van der Waals surface area contributed by atoms with Gasteiger partial charge in [0.1, 0.15) is 12.3 Å². The van der Waals surface area contributed by atoms with Gasteiger partial charge >= 0.3 is 0 Å². The van der Waals surface area contributed by atoms with E-state index >= 15 is 0 Å². The van der Waals surface area contributed by atoms with E-state index in [0.717, 1.165) is 5.56 Å². The highest BCUT2D eigenvalue weighted by Crippen LogP contribution is 2.32. The molecule has 114 valence electrons. The normalized spacial score (nSPS) is 15.5. The van der Waals surface area contributed by atoms with Crippen LogP contribution < -0.4 is 15.0 Å². The molecule has 1 N–H and O–H groups in total. The van der Waals surface area contributed by atoms with Gasteiger partial charge in [-0.2, -0.15) is 0 Å². The standard InChI is InChI=1S/C16H22N2O3/c1-10(2)12(4)17-15(19)8-18-13-7-11(3)5-6-14(13)21-9-16(18)20/h5-7,10,12H,8-9H2,1-4H3,(H,17,19)/t12-/m0/s1. The highest BCUT2D eigenvalue weighted by atomic mass is 16.5. The molecule has 5 heteroatoms. The number of fused-ring (bicyclic) bond motifs is 1. The molecule has 0 saturated carbocycles. The van der Waals surface area contributed by atoms with Gasteiger partial charge in [0, 0.05) is 6.04 Å². The Bertz CT molecular complexity index is 554. The minimum atomic E-state index is -0.194. The number of aryl methyl sites for hydroxylation is 1. The molecule has 2 rings (SSSR count). The lowest BCUT2D eigenvalue weighted by Gasteiger charge is -2.30. The molecule has 0 radical (unpaired) electrons. The SMILES string of the molecule is Cc1ccc2c(c1)N(CC(=O)N[C@@H](C)C(C)C)C(=O)CO2. The number of amides is 2. The first-order valence-corrected chi connectivity index (χ1v) is 7.21. The van der Waals surface area contributed by atoms with E-state index in [0.29, 0.717) is 17.4 Å². The molecule has 0 fully saturated rings. The largest absolute Gasteiger partial charge is 0.482 e. The molecule has 1 aromatic rings. The van der Waals surface area contributed by atoms with Crippen LogP contribution in [0.4, 0.5) is 5.69 Å². The maximum absolute atomic E-state index is 12.1. The number of carbonyl (C=O) groups is 2. The molecule has 1 aliphatic rings. The van der Waals surface area contributed by atoms with Crippen molar-refractivity contribution in [2.24, 2.45) is 5.92 Å². The number of anilines is 1. The van der Waals surface area contributed by atoms with E-state index < -0.39 is 0 Å². The number of benzene rings is 1. The van der Waals surface area contributed by atoms with Crippen LogP contribution in [0, 0.1) is 12.8 Å². The van der Waals surface area contributed by atoms with Crippen LogP contribution in [0.5, 0.6) is 5.75 Å². The lowest BCUT2D eigenvalue weighted by molar-refractivity contribution is -0.125. The number of nitrogens with zero attached hydrogens (tertiary/aromatic N) is 1. The molecule has 0 saturated heterocycles. The van der Waals surface area contributed by atoms with Crippen molar-refractivity contribution in [3.05, 3.63) is 23.8 Å². The van der Waals surface area contributed by atoms with Gasteiger partial charge in [0.15, 0.2) is 6.61 Å². The van der Waals surface area contributed by atoms with Crippen molar-refractivity contribution in [2.75, 3.05) is 18.1 Å². The average molecular weight is 290 g/mol. The van der Waals surface area contributed by atoms with Gasteiger partial charge in [0.05, 0.1) is 5.69 Å². The monoisotopic (exact) mass is 290 g/mol. The Labute approximate surface area is 125 Å². The number of hydrogen-bond donors (Lipinski definition) is 1. The van der Waals surface area contributed by atoms with Crippen LogP contribution in [0.3, 0.4) is 0 Å². The fourth-order valence-corrected chi connectivity index (χ4v) is 2.10. The topological polar surface area (TPSA) is 58.6 Å². The van der Waals surface area contributed by atoms with Crippen molar-refractivity contribution in [2.45, 2.75) is 33.7 Å². The summed E-state index contributed by atoms with van der Waals surface area (Å²) in [6.45, 7) is 7.99. The summed E-state index contributed by atoms with van der Waals surface area (Å²) in [6.07, 6.45) is 0. The number of ether oxygens (including phenoxy) is 1. The molecule has 0 aromatic heterocycles. The number of carbonyl (C=O) groups excluding carboxylic acids is 2. The van der Waals surface area contributed by atoms with Gasteiger partial charge in [-0.25, -0.2) is 0 Å². The molecule has 1 heterocycles. The van der Waals surface area contributed by atoms with Crippen LogP contribution in [0.25, 0.3) is 0 Å². The molecular weight excluding hydrogens is 268 g/mol. The Balaban J connectivity index is 2.14. The highest BCUT2D eigenvalue weighted by molar-refractivity contribution is 6.02. The van der Waals surface area contributed by atoms with Gasteiger partial charge in [-0.1, -0.05) is 19.9 Å². The summed E-state index contributed by atoms with van der Waals surface area (Å²) in [5.41, 5.74) is 1.69. The Kier molecular flexibility index (Phi) is 4.50. The third-order valence-electron chi connectivity index (χ3n) is 3.75. The van der Waals surface area contributed by atoms with E-state index in [1.54, 1.807) is 0 Å². The number of nitrogens with one attached hydrogen (secondary N) is 1. The summed E-state index contributed by atoms with van der Waals surface area (Å²) in [5, 5.41) is 2.92. The molecule has 5 nitrogen and oxygen atoms in total. The van der Waals surface area contributed by atoms with Crippen LogP contribution in [-0.2, 0) is 9.59 Å². The zero-order valence-corrected chi connectivity index (χ0v) is 13.0. The second kappa shape index (κ2) is 6.16. The van der Waals surface area contributed by atoms with Gasteiger partial charge in [-0.3, -0.25) is 14.5 Å². The molecule has 1 aromatic carbocycles. The lowest BCUT2D eigenvalue weighted by atomic mass is 10.1. The minimum Gasteiger partial charge on any atom is -0.482 e. The van der Waals surface area contributed by atoms with Crippen LogP contribution in [0.2, 0.25) is 0 Å². The molecule has 2 amide bonds. The third-order valence-corrected chi connectivity index (χ3v) is 3.75. The maximum atomic E-state index is 12.1. The first-order chi connectivity index (χ1) is 9.88. The fraction of sp³-hybridized carbons (Fsp3) is 0.500. The van der Waals surface area contributed by atoms with Gasteiger partial charge < -0.3 is 10.1 Å². The summed E-state index contributed by atoms with van der Waals surface area (Å²) >= 11 is 0. The first kappa shape index (κ1) is 15.4. The van der Waals surface area contributed by atoms with E-state index in [4.69, 9.17) is 4.74 Å². The predicted molar refractivity (Wildman–Crippen MR) is 81.5 cm³/mol. The first-order valence-electron chi connectivity index (χ1n) is 7.21. The van der Waals surface area contributed by atoms with Crippen molar-refractivity contribution in [1.82, 2.24) is 5.32 Å². The van der Waals surface area contributed by atoms with Gasteiger partial charge in [0.2, 0.25) is 5.91 Å². The van der Waals surface area contributed by atoms with Crippen LogP contribution >= 0.6 is 0 Å². The number of rotatable bonds is 4. The second-order valence-corrected chi connectivity index (χ2v) is 5.84. The molecule has 0 unspecified atom stereocenters. The van der Waals surface area contributed by atoms with E-state index in [-0.39, 0.29) is 31.0 Å². The Morgan fingerprint density at radius 1 is 1.38 bits per heavy atom. The predicted octanol–water partition coefficient (Wildman–Crippen LogP) is 1.88. The second-order valence-electron chi connectivity index (χ2n) is 5.84. The third kappa shape index (κ3) is 3.54. The van der Waals surface area contributed by atoms with E-state index in [9.17, 15) is 9.59 Å². The van der Waals surface area contributed by atoms with Crippen LogP contribution in [-0.4, -0.2) is 31.0 Å². The Hall–Kier alpha value is -2.04. The van der Waals surface area contributed by atoms with Gasteiger partial charge in [0.25, 0.3) is 5.91 Å². The number of hydrogen-bond acceptors (Lipinski definition) is 3. The molecule has 0 bridgehead atoms. The van der Waals surface area contributed by atoms with E-state index in [1.807, 2.05) is 45.9 Å². The van der Waals surface area contributed by atoms with E-state index in [2.05, 4.69) is 5.32 Å². The highest BCUT2D eigenvalue weighted by Gasteiger charge is 2.27. The minimum absolute atomic E-state index is 0.0235. The van der Waals surface area contributed by atoms with Crippen molar-refractivity contribution in [1.29, 1.82) is 0 Å². The fourth-order valence-electron chi connectivity index (χ4n) is 2.10. The summed E-state index contributed by atoms with van der Waals surface area (Å²) in [6, 6.07) is 5.70. The quantitative estimate of drug-likeness (QED) is 0.921. The Morgan fingerprint density at radius 3 is 2.76 bits per heavy atom. The van der Waals surface area contributed by atoms with Gasteiger partial charge in [-0.05, 0) is 37.5 Å². The summed E-state index contributed by atoms with van der Waals surface area (Å²) in [4.78, 5) is 25.7. The summed E-state index contributed by atoms with van der Waals surface area (Å²) in [7, 11) is 0. The van der Waals surface area contributed by atoms with Crippen molar-refractivity contribution < 1.29 is 14.3 Å². The average Bonchev–Trinajstić information content (AvgIpc) is 2.42. The summed E-state index contributed by atoms with van der Waals surface area (Å²) in [5.74, 6) is 0.646. The molecular formula is C16H22N2O3. The molecule has 0 aliphatic carbocycles. The van der Waals surface area contributed by atoms with Crippen LogP contribution in [0.15, 0.2) is 18.2 Å². The summed E-state index contributed by atoms with van der Waals surface area (Å²) < 4.78 is 5.40. The van der Waals surface area contributed by atoms with Crippen LogP contribution in [0.1, 0.15) is 26.3 Å². The lowest BCUT2D eigenvalue weighted by Crippen LogP contribution is -2.47. The molecule has 21 heavy (non-hydrogen) atoms. The van der Waals surface area contributed by atoms with Crippen molar-refractivity contribution >= 4 is 17.5 Å². The maximum Gasteiger partial charge on any atom is 0.265 e. The molecule has 1 aliphatic heterocycles. The van der Waals surface area contributed by atoms with E-state index in [1.165, 1.54) is 4.90 Å².